The molecule has 1 saturated heterocycles. The molecule has 2 aromatic rings. The predicted octanol–water partition coefficient (Wildman–Crippen LogP) is 2.18. The summed E-state index contributed by atoms with van der Waals surface area (Å²) in [6, 6.07) is 7.34. The molecule has 0 spiro atoms. The summed E-state index contributed by atoms with van der Waals surface area (Å²) in [6.45, 7) is 2.28. The number of benzene rings is 1. The number of hydrogen-bond acceptors (Lipinski definition) is 4. The predicted molar refractivity (Wildman–Crippen MR) is 96.8 cm³/mol. The van der Waals surface area contributed by atoms with Gasteiger partial charge in [0.15, 0.2) is 9.84 Å². The first-order valence-corrected chi connectivity index (χ1v) is 10.3. The van der Waals surface area contributed by atoms with Crippen molar-refractivity contribution in [3.05, 3.63) is 52.3 Å². The maximum Gasteiger partial charge on any atom is 0.254 e. The van der Waals surface area contributed by atoms with Crippen LogP contribution in [-0.4, -0.2) is 42.2 Å². The van der Waals surface area contributed by atoms with Gasteiger partial charge < -0.3 is 5.32 Å². The van der Waals surface area contributed by atoms with Gasteiger partial charge in [0.05, 0.1) is 29.3 Å². The highest BCUT2D eigenvalue weighted by Crippen LogP contribution is 2.25. The zero-order chi connectivity index (χ0) is 18.0. The van der Waals surface area contributed by atoms with Crippen molar-refractivity contribution in [2.45, 2.75) is 25.8 Å². The molecule has 1 aromatic carbocycles. The van der Waals surface area contributed by atoms with Crippen molar-refractivity contribution in [2.75, 3.05) is 18.1 Å². The monoisotopic (exact) mass is 381 g/mol. The molecule has 1 atom stereocenters. The van der Waals surface area contributed by atoms with Crippen LogP contribution in [0.2, 0.25) is 5.02 Å². The fourth-order valence-corrected chi connectivity index (χ4v) is 5.00. The Balaban J connectivity index is 1.61. The summed E-state index contributed by atoms with van der Waals surface area (Å²) in [5.74, 6) is 0.0651. The lowest BCUT2D eigenvalue weighted by molar-refractivity contribution is 0.0953. The lowest BCUT2D eigenvalue weighted by Crippen LogP contribution is -2.26. The topological polar surface area (TPSA) is 81.1 Å². The lowest BCUT2D eigenvalue weighted by Gasteiger charge is -2.11. The van der Waals surface area contributed by atoms with E-state index in [1.54, 1.807) is 11.6 Å². The summed E-state index contributed by atoms with van der Waals surface area (Å²) in [5.41, 5.74) is 2.23. The fourth-order valence-electron chi connectivity index (χ4n) is 3.09. The van der Waals surface area contributed by atoms with Crippen molar-refractivity contribution >= 4 is 27.3 Å². The van der Waals surface area contributed by atoms with Crippen molar-refractivity contribution in [1.82, 2.24) is 15.1 Å². The molecule has 1 amide bonds. The molecule has 3 rings (SSSR count). The van der Waals surface area contributed by atoms with Gasteiger partial charge in [-0.15, -0.1) is 0 Å². The van der Waals surface area contributed by atoms with Gasteiger partial charge >= 0.3 is 0 Å². The van der Waals surface area contributed by atoms with E-state index in [4.69, 9.17) is 11.6 Å². The fraction of sp³-hybridized carbons (Fsp3) is 0.412. The largest absolute Gasteiger partial charge is 0.352 e. The standard InChI is InChI=1S/C17H20ClN3O3S/c1-12-16(10-20-21(12)15-6-8-25(23,24)11-15)17(22)19-7-5-13-3-2-4-14(18)9-13/h2-4,9-10,15H,5-8,11H2,1H3,(H,19,22). The van der Waals surface area contributed by atoms with E-state index in [9.17, 15) is 13.2 Å². The van der Waals surface area contributed by atoms with Crippen LogP contribution >= 0.6 is 11.6 Å². The summed E-state index contributed by atoms with van der Waals surface area (Å²) in [5, 5.41) is 7.78. The zero-order valence-electron chi connectivity index (χ0n) is 13.9. The molecule has 1 N–H and O–H groups in total. The van der Waals surface area contributed by atoms with E-state index in [-0.39, 0.29) is 23.5 Å². The molecule has 1 aliphatic heterocycles. The van der Waals surface area contributed by atoms with Gasteiger partial charge in [-0.25, -0.2) is 8.42 Å². The van der Waals surface area contributed by atoms with E-state index < -0.39 is 9.84 Å². The minimum absolute atomic E-state index is 0.0886. The normalized spacial score (nSPS) is 19.0. The molecule has 8 heteroatoms. The van der Waals surface area contributed by atoms with E-state index in [2.05, 4.69) is 10.4 Å². The third-order valence-electron chi connectivity index (χ3n) is 4.43. The zero-order valence-corrected chi connectivity index (χ0v) is 15.5. The highest BCUT2D eigenvalue weighted by atomic mass is 35.5. The van der Waals surface area contributed by atoms with Gasteiger partial charge in [-0.3, -0.25) is 9.48 Å². The number of nitrogens with one attached hydrogen (secondary N) is 1. The molecule has 1 fully saturated rings. The maximum atomic E-state index is 12.4. The molecular weight excluding hydrogens is 362 g/mol. The van der Waals surface area contributed by atoms with Crippen LogP contribution in [-0.2, 0) is 16.3 Å². The van der Waals surface area contributed by atoms with Crippen molar-refractivity contribution in [2.24, 2.45) is 0 Å². The molecule has 0 bridgehead atoms. The minimum Gasteiger partial charge on any atom is -0.352 e. The summed E-state index contributed by atoms with van der Waals surface area (Å²) in [7, 11) is -2.99. The Morgan fingerprint density at radius 3 is 2.92 bits per heavy atom. The number of sulfone groups is 1. The SMILES string of the molecule is Cc1c(C(=O)NCCc2cccc(Cl)c2)cnn1C1CCS(=O)(=O)C1. The van der Waals surface area contributed by atoms with Gasteiger partial charge in [-0.05, 0) is 37.5 Å². The summed E-state index contributed by atoms with van der Waals surface area (Å²) >= 11 is 5.95. The molecule has 25 heavy (non-hydrogen) atoms. The number of nitrogens with zero attached hydrogens (tertiary/aromatic N) is 2. The van der Waals surface area contributed by atoms with E-state index in [1.807, 2.05) is 24.3 Å². The van der Waals surface area contributed by atoms with Crippen LogP contribution in [0.4, 0.5) is 0 Å². The first-order chi connectivity index (χ1) is 11.9. The van der Waals surface area contributed by atoms with Crippen LogP contribution in [0.5, 0.6) is 0 Å². The smallest absolute Gasteiger partial charge is 0.254 e. The number of carbonyl (C=O) groups is 1. The van der Waals surface area contributed by atoms with Crippen molar-refractivity contribution in [3.8, 4) is 0 Å². The van der Waals surface area contributed by atoms with Gasteiger partial charge in [0.1, 0.15) is 0 Å². The molecule has 1 unspecified atom stereocenters. The number of halogens is 1. The Kier molecular flexibility index (Phi) is 5.15. The van der Waals surface area contributed by atoms with Gasteiger partial charge in [-0.2, -0.15) is 5.10 Å². The van der Waals surface area contributed by atoms with E-state index in [0.29, 0.717) is 35.7 Å². The first kappa shape index (κ1) is 17.9. The van der Waals surface area contributed by atoms with E-state index in [1.165, 1.54) is 6.20 Å². The highest BCUT2D eigenvalue weighted by Gasteiger charge is 2.31. The van der Waals surface area contributed by atoms with E-state index in [0.717, 1.165) is 5.56 Å². The van der Waals surface area contributed by atoms with Gasteiger partial charge in [-0.1, -0.05) is 23.7 Å². The number of amides is 1. The van der Waals surface area contributed by atoms with Crippen molar-refractivity contribution in [1.29, 1.82) is 0 Å². The lowest BCUT2D eigenvalue weighted by atomic mass is 10.1. The summed E-state index contributed by atoms with van der Waals surface area (Å²) in [6.07, 6.45) is 2.73. The Morgan fingerprint density at radius 1 is 1.44 bits per heavy atom. The van der Waals surface area contributed by atoms with Crippen LogP contribution in [0.3, 0.4) is 0 Å². The number of rotatable bonds is 5. The average molecular weight is 382 g/mol. The third kappa shape index (κ3) is 4.22. The second-order valence-electron chi connectivity index (χ2n) is 6.28. The molecule has 1 aliphatic rings. The molecule has 0 radical (unpaired) electrons. The van der Waals surface area contributed by atoms with Gasteiger partial charge in [0, 0.05) is 17.3 Å². The van der Waals surface area contributed by atoms with Crippen LogP contribution in [0.15, 0.2) is 30.5 Å². The summed E-state index contributed by atoms with van der Waals surface area (Å²) < 4.78 is 24.9. The maximum absolute atomic E-state index is 12.4. The van der Waals surface area contributed by atoms with Gasteiger partial charge in [0.2, 0.25) is 0 Å². The quantitative estimate of drug-likeness (QED) is 0.860. The van der Waals surface area contributed by atoms with Crippen LogP contribution < -0.4 is 5.32 Å². The third-order valence-corrected chi connectivity index (χ3v) is 6.42. The first-order valence-electron chi connectivity index (χ1n) is 8.13. The molecular formula is C17H20ClN3O3S. The molecule has 134 valence electrons. The second kappa shape index (κ2) is 7.17. The molecule has 0 aliphatic carbocycles. The Bertz CT molecular complexity index is 892. The Morgan fingerprint density at radius 2 is 2.24 bits per heavy atom. The van der Waals surface area contributed by atoms with Crippen LogP contribution in [0.25, 0.3) is 0 Å². The van der Waals surface area contributed by atoms with Crippen LogP contribution in [0.1, 0.15) is 34.1 Å². The molecule has 6 nitrogen and oxygen atoms in total. The minimum atomic E-state index is -2.99. The van der Waals surface area contributed by atoms with Crippen molar-refractivity contribution in [3.63, 3.8) is 0 Å². The highest BCUT2D eigenvalue weighted by molar-refractivity contribution is 7.91. The molecule has 1 aromatic heterocycles. The second-order valence-corrected chi connectivity index (χ2v) is 8.95. The summed E-state index contributed by atoms with van der Waals surface area (Å²) in [4.78, 5) is 12.4. The number of carbonyl (C=O) groups excluding carboxylic acids is 1. The number of hydrogen-bond donors (Lipinski definition) is 1. The number of aromatic nitrogens is 2. The van der Waals surface area contributed by atoms with Crippen LogP contribution in [0, 0.1) is 6.92 Å². The van der Waals surface area contributed by atoms with Crippen molar-refractivity contribution < 1.29 is 13.2 Å². The van der Waals surface area contributed by atoms with Gasteiger partial charge in [0.25, 0.3) is 5.91 Å². The van der Waals surface area contributed by atoms with E-state index >= 15 is 0 Å². The average Bonchev–Trinajstić information content (AvgIpc) is 3.09. The molecule has 2 heterocycles. The molecule has 0 saturated carbocycles. The Labute approximate surface area is 152 Å². The Hall–Kier alpha value is -1.86.